The Labute approximate surface area is 152 Å². The van der Waals surface area contributed by atoms with Gasteiger partial charge >= 0.3 is 5.97 Å². The lowest BCUT2D eigenvalue weighted by Crippen LogP contribution is -2.32. The van der Waals surface area contributed by atoms with E-state index in [1.807, 2.05) is 49.3 Å². The molecule has 4 heteroatoms. The summed E-state index contributed by atoms with van der Waals surface area (Å²) in [5, 5.41) is 0. The van der Waals surface area contributed by atoms with Crippen molar-refractivity contribution in [2.45, 2.75) is 104 Å². The quantitative estimate of drug-likeness (QED) is 0.280. The summed E-state index contributed by atoms with van der Waals surface area (Å²) in [4.78, 5) is 12.0. The molecule has 0 spiro atoms. The van der Waals surface area contributed by atoms with Crippen LogP contribution in [0.1, 0.15) is 93.9 Å². The Hall–Kier alpha value is 0.170. The Kier molecular flexibility index (Phi) is 10.3. The fourth-order valence-corrected chi connectivity index (χ4v) is 6.39. The molecule has 1 rings (SSSR count). The van der Waals surface area contributed by atoms with Crippen LogP contribution in [0, 0.1) is 5.41 Å². The van der Waals surface area contributed by atoms with Gasteiger partial charge in [-0.3, -0.25) is 4.79 Å². The zero-order valence-electron chi connectivity index (χ0n) is 16.6. The van der Waals surface area contributed by atoms with Crippen molar-refractivity contribution in [3.8, 4) is 0 Å². The minimum atomic E-state index is -0.362. The first-order valence-electron chi connectivity index (χ1n) is 9.04. The highest BCUT2D eigenvalue weighted by Crippen LogP contribution is 2.49. The van der Waals surface area contributed by atoms with E-state index in [2.05, 4.69) is 27.7 Å². The molecule has 23 heavy (non-hydrogen) atoms. The zero-order valence-corrected chi connectivity index (χ0v) is 18.2. The molecular weight excluding hydrogens is 324 g/mol. The van der Waals surface area contributed by atoms with Crippen molar-refractivity contribution in [1.29, 1.82) is 0 Å². The Bertz CT molecular complexity index is 340. The number of carbonyl (C=O) groups is 1. The third-order valence-corrected chi connectivity index (χ3v) is 7.02. The van der Waals surface area contributed by atoms with Gasteiger partial charge in [-0.05, 0) is 51.9 Å². The summed E-state index contributed by atoms with van der Waals surface area (Å²) in [6, 6.07) is 0. The van der Waals surface area contributed by atoms with E-state index in [1.54, 1.807) is 0 Å². The van der Waals surface area contributed by atoms with E-state index in [4.69, 9.17) is 4.74 Å². The predicted octanol–water partition coefficient (Wildman–Crippen LogP) is 6.87. The second-order valence-electron chi connectivity index (χ2n) is 8.28. The Balaban J connectivity index is 0.00000232. The van der Waals surface area contributed by atoms with Crippen molar-refractivity contribution in [1.82, 2.24) is 0 Å². The second-order valence-corrected chi connectivity index (χ2v) is 11.3. The number of unbranched alkanes of at least 4 members (excludes halogenated alkanes) is 1. The van der Waals surface area contributed by atoms with E-state index < -0.39 is 0 Å². The molecule has 0 aromatic heterocycles. The molecule has 0 radical (unpaired) electrons. The zero-order chi connectivity index (χ0) is 18.1. The van der Waals surface area contributed by atoms with Crippen molar-refractivity contribution in [2.24, 2.45) is 5.41 Å². The van der Waals surface area contributed by atoms with E-state index in [9.17, 15) is 4.79 Å². The number of hydrogen-bond donors (Lipinski definition) is 0. The van der Waals surface area contributed by atoms with Gasteiger partial charge in [0.2, 0.25) is 0 Å². The first-order chi connectivity index (χ1) is 10.5. The van der Waals surface area contributed by atoms with Crippen LogP contribution in [0.25, 0.3) is 0 Å². The van der Waals surface area contributed by atoms with Crippen LogP contribution in [0.5, 0.6) is 0 Å². The third kappa shape index (κ3) is 11.4. The molecule has 0 aromatic rings. The van der Waals surface area contributed by atoms with Gasteiger partial charge < -0.3 is 4.74 Å². The highest BCUT2D eigenvalue weighted by molar-refractivity contribution is 8.77. The summed E-state index contributed by atoms with van der Waals surface area (Å²) in [5.41, 5.74) is -0.186. The van der Waals surface area contributed by atoms with Crippen LogP contribution < -0.4 is 0 Å². The summed E-state index contributed by atoms with van der Waals surface area (Å²) in [6.07, 6.45) is 6.03. The maximum Gasteiger partial charge on any atom is 0.306 e. The van der Waals surface area contributed by atoms with Gasteiger partial charge in [-0.2, -0.15) is 0 Å². The number of ether oxygens (including phenoxy) is 1. The SMILES string of the molecule is CC.CC(C)(C)CC(C)(C)OC(=O)CCCC[C@]1(C)CCSS1. The highest BCUT2D eigenvalue weighted by Gasteiger charge is 2.30. The van der Waals surface area contributed by atoms with Crippen molar-refractivity contribution >= 4 is 27.6 Å². The van der Waals surface area contributed by atoms with Crippen molar-refractivity contribution in [2.75, 3.05) is 5.75 Å². The molecule has 1 aliphatic heterocycles. The Morgan fingerprint density at radius 1 is 1.13 bits per heavy atom. The average molecular weight is 363 g/mol. The summed E-state index contributed by atoms with van der Waals surface area (Å²) in [7, 11) is 4.00. The molecule has 0 N–H and O–H groups in total. The van der Waals surface area contributed by atoms with E-state index >= 15 is 0 Å². The Morgan fingerprint density at radius 3 is 2.22 bits per heavy atom. The average Bonchev–Trinajstić information content (AvgIpc) is 2.81. The monoisotopic (exact) mass is 362 g/mol. The van der Waals surface area contributed by atoms with Gasteiger partial charge in [0, 0.05) is 16.9 Å². The fraction of sp³-hybridized carbons (Fsp3) is 0.947. The van der Waals surface area contributed by atoms with Crippen molar-refractivity contribution in [3.05, 3.63) is 0 Å². The first-order valence-corrected chi connectivity index (χ1v) is 11.4. The molecule has 1 fully saturated rings. The van der Waals surface area contributed by atoms with Crippen molar-refractivity contribution in [3.63, 3.8) is 0 Å². The van der Waals surface area contributed by atoms with Crippen LogP contribution in [0.2, 0.25) is 0 Å². The highest BCUT2D eigenvalue weighted by atomic mass is 33.1. The lowest BCUT2D eigenvalue weighted by molar-refractivity contribution is -0.159. The van der Waals surface area contributed by atoms with Crippen LogP contribution in [0.3, 0.4) is 0 Å². The maximum absolute atomic E-state index is 12.0. The molecule has 0 unspecified atom stereocenters. The number of carbonyl (C=O) groups excluding carboxylic acids is 1. The minimum absolute atomic E-state index is 0.0390. The smallest absolute Gasteiger partial charge is 0.306 e. The van der Waals surface area contributed by atoms with Crippen molar-refractivity contribution < 1.29 is 9.53 Å². The van der Waals surface area contributed by atoms with Crippen LogP contribution in [0.15, 0.2) is 0 Å². The lowest BCUT2D eigenvalue weighted by Gasteiger charge is -2.32. The maximum atomic E-state index is 12.0. The van der Waals surface area contributed by atoms with Gasteiger partial charge in [-0.25, -0.2) is 0 Å². The molecule has 0 saturated carbocycles. The van der Waals surface area contributed by atoms with Gasteiger partial charge in [-0.15, -0.1) is 0 Å². The normalized spacial score (nSPS) is 21.6. The summed E-state index contributed by atoms with van der Waals surface area (Å²) in [6.45, 7) is 16.9. The number of hydrogen-bond acceptors (Lipinski definition) is 4. The largest absolute Gasteiger partial charge is 0.460 e. The third-order valence-electron chi connectivity index (χ3n) is 3.66. The molecule has 1 heterocycles. The van der Waals surface area contributed by atoms with E-state index in [1.165, 1.54) is 18.6 Å². The van der Waals surface area contributed by atoms with Crippen LogP contribution >= 0.6 is 21.6 Å². The van der Waals surface area contributed by atoms with Gasteiger partial charge in [0.15, 0.2) is 0 Å². The minimum Gasteiger partial charge on any atom is -0.460 e. The molecule has 138 valence electrons. The molecule has 0 amide bonds. The molecule has 0 aliphatic carbocycles. The van der Waals surface area contributed by atoms with E-state index in [-0.39, 0.29) is 17.0 Å². The molecular formula is C19H38O2S2. The van der Waals surface area contributed by atoms with Gasteiger partial charge in [0.05, 0.1) is 0 Å². The predicted molar refractivity (Wildman–Crippen MR) is 107 cm³/mol. The molecule has 1 saturated heterocycles. The van der Waals surface area contributed by atoms with Crippen LogP contribution in [-0.4, -0.2) is 22.1 Å². The van der Waals surface area contributed by atoms with E-state index in [0.717, 1.165) is 19.3 Å². The molecule has 2 nitrogen and oxygen atoms in total. The Morgan fingerprint density at radius 2 is 1.74 bits per heavy atom. The van der Waals surface area contributed by atoms with Crippen LogP contribution in [0.4, 0.5) is 0 Å². The summed E-state index contributed by atoms with van der Waals surface area (Å²) >= 11 is 0. The summed E-state index contributed by atoms with van der Waals surface area (Å²) < 4.78 is 6.09. The first kappa shape index (κ1) is 23.2. The molecule has 1 aliphatic rings. The number of esters is 1. The van der Waals surface area contributed by atoms with Crippen LogP contribution in [-0.2, 0) is 9.53 Å². The second kappa shape index (κ2) is 10.2. The topological polar surface area (TPSA) is 26.3 Å². The molecule has 1 atom stereocenters. The molecule has 0 bridgehead atoms. The lowest BCUT2D eigenvalue weighted by atomic mass is 9.83. The van der Waals surface area contributed by atoms with Gasteiger partial charge in [0.25, 0.3) is 0 Å². The molecule has 0 aromatic carbocycles. The standard InChI is InChI=1S/C17H32O2S2.C2H6/c1-15(2,3)13-16(4,5)19-14(18)9-7-8-10-17(6)11-12-20-21-17;1-2/h7-13H2,1-6H3;1-2H3/t17-;/m1./s1. The fourth-order valence-electron chi connectivity index (χ4n) is 3.09. The summed E-state index contributed by atoms with van der Waals surface area (Å²) in [5.74, 6) is 1.23. The van der Waals surface area contributed by atoms with Gasteiger partial charge in [-0.1, -0.05) is 62.6 Å². The number of rotatable bonds is 7. The van der Waals surface area contributed by atoms with E-state index in [0.29, 0.717) is 11.2 Å². The van der Waals surface area contributed by atoms with Gasteiger partial charge in [0.1, 0.15) is 5.60 Å².